The SMILES string of the molecule is CC(C)=CCCC(C)=CCNC(=O)Oc1ccccc1. The third kappa shape index (κ3) is 7.41. The molecule has 0 heterocycles. The van der Waals surface area contributed by atoms with E-state index in [1.54, 1.807) is 12.1 Å². The number of rotatable bonds is 6. The number of hydrogen-bond donors (Lipinski definition) is 1. The van der Waals surface area contributed by atoms with Gasteiger partial charge < -0.3 is 10.1 Å². The van der Waals surface area contributed by atoms with E-state index >= 15 is 0 Å². The molecule has 0 saturated heterocycles. The van der Waals surface area contributed by atoms with Gasteiger partial charge in [0.2, 0.25) is 0 Å². The van der Waals surface area contributed by atoms with E-state index in [0.717, 1.165) is 12.8 Å². The summed E-state index contributed by atoms with van der Waals surface area (Å²) in [4.78, 5) is 11.5. The Balaban J connectivity index is 2.25. The smallest absolute Gasteiger partial charge is 0.410 e. The molecule has 1 N–H and O–H groups in total. The lowest BCUT2D eigenvalue weighted by atomic mass is 10.1. The lowest BCUT2D eigenvalue weighted by Crippen LogP contribution is -2.26. The average molecular weight is 273 g/mol. The molecule has 108 valence electrons. The molecule has 1 aromatic rings. The van der Waals surface area contributed by atoms with Gasteiger partial charge in [0.1, 0.15) is 5.75 Å². The van der Waals surface area contributed by atoms with Crippen LogP contribution in [-0.2, 0) is 0 Å². The zero-order chi connectivity index (χ0) is 14.8. The molecular formula is C17H23NO2. The number of nitrogens with one attached hydrogen (secondary N) is 1. The van der Waals surface area contributed by atoms with Crippen molar-refractivity contribution in [2.75, 3.05) is 6.54 Å². The Bertz CT molecular complexity index is 471. The average Bonchev–Trinajstić information content (AvgIpc) is 2.39. The monoisotopic (exact) mass is 273 g/mol. The number of benzene rings is 1. The number of amides is 1. The minimum absolute atomic E-state index is 0.426. The highest BCUT2D eigenvalue weighted by Gasteiger charge is 2.01. The van der Waals surface area contributed by atoms with Crippen LogP contribution in [0.2, 0.25) is 0 Å². The second kappa shape index (κ2) is 8.97. The van der Waals surface area contributed by atoms with E-state index in [0.29, 0.717) is 12.3 Å². The van der Waals surface area contributed by atoms with Crippen molar-refractivity contribution in [3.8, 4) is 5.75 Å². The van der Waals surface area contributed by atoms with Crippen LogP contribution in [0.15, 0.2) is 53.6 Å². The van der Waals surface area contributed by atoms with Gasteiger partial charge >= 0.3 is 6.09 Å². The topological polar surface area (TPSA) is 38.3 Å². The summed E-state index contributed by atoms with van der Waals surface area (Å²) < 4.78 is 5.12. The van der Waals surface area contributed by atoms with Gasteiger partial charge in [-0.1, -0.05) is 41.5 Å². The van der Waals surface area contributed by atoms with Crippen molar-refractivity contribution in [2.45, 2.75) is 33.6 Å². The fraction of sp³-hybridized carbons (Fsp3) is 0.353. The number of carbonyl (C=O) groups is 1. The van der Waals surface area contributed by atoms with Crippen LogP contribution in [0.25, 0.3) is 0 Å². The summed E-state index contributed by atoms with van der Waals surface area (Å²) >= 11 is 0. The van der Waals surface area contributed by atoms with E-state index in [2.05, 4.69) is 32.2 Å². The van der Waals surface area contributed by atoms with E-state index in [4.69, 9.17) is 4.74 Å². The predicted molar refractivity (Wildman–Crippen MR) is 82.9 cm³/mol. The summed E-state index contributed by atoms with van der Waals surface area (Å²) in [5.41, 5.74) is 2.60. The predicted octanol–water partition coefficient (Wildman–Crippen LogP) is 4.47. The summed E-state index contributed by atoms with van der Waals surface area (Å²) in [5.74, 6) is 0.550. The first-order valence-corrected chi connectivity index (χ1v) is 6.87. The highest BCUT2D eigenvalue weighted by molar-refractivity contribution is 5.70. The van der Waals surface area contributed by atoms with Gasteiger partial charge in [-0.05, 0) is 45.7 Å². The molecule has 0 aliphatic rings. The van der Waals surface area contributed by atoms with Gasteiger partial charge in [0.15, 0.2) is 0 Å². The Morgan fingerprint density at radius 2 is 1.85 bits per heavy atom. The van der Waals surface area contributed by atoms with Crippen LogP contribution in [0.4, 0.5) is 4.79 Å². The molecule has 0 spiro atoms. The van der Waals surface area contributed by atoms with Gasteiger partial charge in [0, 0.05) is 6.54 Å². The van der Waals surface area contributed by atoms with E-state index in [9.17, 15) is 4.79 Å². The molecule has 1 aromatic carbocycles. The van der Waals surface area contributed by atoms with Crippen LogP contribution in [0.3, 0.4) is 0 Å². The molecule has 1 amide bonds. The van der Waals surface area contributed by atoms with Gasteiger partial charge in [0.05, 0.1) is 0 Å². The van der Waals surface area contributed by atoms with Gasteiger partial charge in [-0.25, -0.2) is 4.79 Å². The first-order chi connectivity index (χ1) is 9.58. The number of para-hydroxylation sites is 1. The van der Waals surface area contributed by atoms with Crippen LogP contribution in [0.5, 0.6) is 5.75 Å². The minimum Gasteiger partial charge on any atom is -0.410 e. The fourth-order valence-corrected chi connectivity index (χ4v) is 1.63. The fourth-order valence-electron chi connectivity index (χ4n) is 1.63. The maximum Gasteiger partial charge on any atom is 0.412 e. The summed E-state index contributed by atoms with van der Waals surface area (Å²) in [6, 6.07) is 9.04. The molecule has 0 aliphatic carbocycles. The summed E-state index contributed by atoms with van der Waals surface area (Å²) in [6.45, 7) is 6.76. The lowest BCUT2D eigenvalue weighted by molar-refractivity contribution is 0.201. The van der Waals surface area contributed by atoms with Gasteiger partial charge in [-0.15, -0.1) is 0 Å². The van der Waals surface area contributed by atoms with Gasteiger partial charge in [-0.3, -0.25) is 0 Å². The molecule has 0 fully saturated rings. The highest BCUT2D eigenvalue weighted by atomic mass is 16.5. The second-order valence-corrected chi connectivity index (χ2v) is 4.95. The van der Waals surface area contributed by atoms with Crippen molar-refractivity contribution < 1.29 is 9.53 Å². The first kappa shape index (κ1) is 16.0. The molecule has 0 saturated carbocycles. The van der Waals surface area contributed by atoms with Crippen LogP contribution < -0.4 is 10.1 Å². The molecule has 3 nitrogen and oxygen atoms in total. The number of carbonyl (C=O) groups excluding carboxylic acids is 1. The van der Waals surface area contributed by atoms with E-state index < -0.39 is 6.09 Å². The van der Waals surface area contributed by atoms with E-state index in [-0.39, 0.29) is 0 Å². The van der Waals surface area contributed by atoms with Gasteiger partial charge in [-0.2, -0.15) is 0 Å². The Morgan fingerprint density at radius 3 is 2.50 bits per heavy atom. The number of hydrogen-bond acceptors (Lipinski definition) is 2. The van der Waals surface area contributed by atoms with Gasteiger partial charge in [0.25, 0.3) is 0 Å². The molecule has 20 heavy (non-hydrogen) atoms. The van der Waals surface area contributed by atoms with Crippen molar-refractivity contribution in [2.24, 2.45) is 0 Å². The van der Waals surface area contributed by atoms with Crippen LogP contribution in [0.1, 0.15) is 33.6 Å². The maximum atomic E-state index is 11.5. The Kier molecular flexibility index (Phi) is 7.18. The zero-order valence-corrected chi connectivity index (χ0v) is 12.5. The standard InChI is InChI=1S/C17H23NO2/c1-14(2)8-7-9-15(3)12-13-18-17(19)20-16-10-5-4-6-11-16/h4-6,8,10-12H,7,9,13H2,1-3H3,(H,18,19). The maximum absolute atomic E-state index is 11.5. The minimum atomic E-state index is -0.426. The van der Waals surface area contributed by atoms with Crippen LogP contribution in [0, 0.1) is 0 Å². The van der Waals surface area contributed by atoms with Crippen molar-refractivity contribution >= 4 is 6.09 Å². The zero-order valence-electron chi connectivity index (χ0n) is 12.5. The summed E-state index contributed by atoms with van der Waals surface area (Å²) in [6.07, 6.45) is 5.86. The largest absolute Gasteiger partial charge is 0.412 e. The third-order valence-corrected chi connectivity index (χ3v) is 2.74. The molecule has 0 aliphatic heterocycles. The Morgan fingerprint density at radius 1 is 1.15 bits per heavy atom. The number of allylic oxidation sites excluding steroid dienone is 3. The Labute approximate surface area is 121 Å². The van der Waals surface area contributed by atoms with Crippen LogP contribution in [-0.4, -0.2) is 12.6 Å². The summed E-state index contributed by atoms with van der Waals surface area (Å²) in [7, 11) is 0. The first-order valence-electron chi connectivity index (χ1n) is 6.87. The van der Waals surface area contributed by atoms with E-state index in [1.165, 1.54) is 11.1 Å². The Hall–Kier alpha value is -2.03. The normalized spacial score (nSPS) is 10.8. The molecule has 1 rings (SSSR count). The van der Waals surface area contributed by atoms with Crippen molar-refractivity contribution in [3.63, 3.8) is 0 Å². The molecule has 0 bridgehead atoms. The highest BCUT2D eigenvalue weighted by Crippen LogP contribution is 2.08. The molecule has 0 radical (unpaired) electrons. The van der Waals surface area contributed by atoms with Crippen LogP contribution >= 0.6 is 0 Å². The molecule has 0 aromatic heterocycles. The number of ether oxygens (including phenoxy) is 1. The lowest BCUT2D eigenvalue weighted by Gasteiger charge is -2.05. The van der Waals surface area contributed by atoms with Crippen molar-refractivity contribution in [3.05, 3.63) is 53.6 Å². The molecule has 0 atom stereocenters. The second-order valence-electron chi connectivity index (χ2n) is 4.95. The quantitative estimate of drug-likeness (QED) is 0.777. The van der Waals surface area contributed by atoms with Crippen molar-refractivity contribution in [1.29, 1.82) is 0 Å². The molecular weight excluding hydrogens is 250 g/mol. The molecule has 3 heteroatoms. The van der Waals surface area contributed by atoms with E-state index in [1.807, 2.05) is 24.3 Å². The molecule has 0 unspecified atom stereocenters. The van der Waals surface area contributed by atoms with Crippen molar-refractivity contribution in [1.82, 2.24) is 5.32 Å². The summed E-state index contributed by atoms with van der Waals surface area (Å²) in [5, 5.41) is 2.71. The third-order valence-electron chi connectivity index (χ3n) is 2.74.